The Morgan fingerprint density at radius 3 is 1.53 bits per heavy atom. The van der Waals surface area contributed by atoms with Crippen LogP contribution in [0.1, 0.15) is 0 Å². The predicted octanol–water partition coefficient (Wildman–Crippen LogP) is 13.7. The number of hydrogen-bond donors (Lipinski definition) is 0. The molecule has 0 saturated carbocycles. The van der Waals surface area contributed by atoms with Crippen molar-refractivity contribution in [1.82, 2.24) is 14.5 Å². The quantitative estimate of drug-likeness (QED) is 0.179. The highest BCUT2D eigenvalue weighted by Crippen LogP contribution is 2.39. The zero-order valence-corrected chi connectivity index (χ0v) is 29.9. The van der Waals surface area contributed by atoms with Gasteiger partial charge in [-0.3, -0.25) is 4.57 Å². The van der Waals surface area contributed by atoms with E-state index in [4.69, 9.17) is 9.97 Å². The third-order valence-electron chi connectivity index (χ3n) is 11.0. The maximum Gasteiger partial charge on any atom is 0.235 e. The fraction of sp³-hybridized carbons (Fsp3) is 0. The summed E-state index contributed by atoms with van der Waals surface area (Å²) >= 11 is 0. The Morgan fingerprint density at radius 1 is 0.291 bits per heavy atom. The molecular formula is C52H33N3. The Bertz CT molecular complexity index is 3230. The molecule has 0 aliphatic heterocycles. The first kappa shape index (κ1) is 31.2. The van der Waals surface area contributed by atoms with Crippen LogP contribution in [0.3, 0.4) is 0 Å². The first-order chi connectivity index (χ1) is 27.2. The van der Waals surface area contributed by atoms with Crippen molar-refractivity contribution in [2.75, 3.05) is 0 Å². The maximum absolute atomic E-state index is 5.50. The number of rotatable bonds is 5. The summed E-state index contributed by atoms with van der Waals surface area (Å²) in [4.78, 5) is 10.8. The molecule has 0 amide bonds. The Labute approximate surface area is 318 Å². The van der Waals surface area contributed by atoms with Gasteiger partial charge in [0.1, 0.15) is 0 Å². The predicted molar refractivity (Wildman–Crippen MR) is 231 cm³/mol. The molecule has 2 aromatic heterocycles. The molecule has 11 rings (SSSR count). The minimum atomic E-state index is 0.649. The van der Waals surface area contributed by atoms with Gasteiger partial charge in [-0.1, -0.05) is 158 Å². The summed E-state index contributed by atoms with van der Waals surface area (Å²) in [6, 6.07) is 71.7. The summed E-state index contributed by atoms with van der Waals surface area (Å²) in [6.45, 7) is 0. The highest BCUT2D eigenvalue weighted by molar-refractivity contribution is 6.14. The lowest BCUT2D eigenvalue weighted by Crippen LogP contribution is -2.03. The number of aromatic nitrogens is 3. The standard InChI is InChI=1S/C52H33N3/c1-3-11-34(12-4-1)37-19-22-38(23-20-37)51-47-32-43(35-13-5-2-6-14-35)25-27-48(47)53-52(54-51)55-49-28-26-44(42-24-21-36-15-7-8-16-39(36)29-42)31-45(49)46-30-40-17-9-10-18-41(40)33-50(46)55/h1-33H. The monoisotopic (exact) mass is 699 g/mol. The van der Waals surface area contributed by atoms with Gasteiger partial charge in [-0.2, -0.15) is 0 Å². The van der Waals surface area contributed by atoms with Gasteiger partial charge in [0.05, 0.1) is 22.2 Å². The van der Waals surface area contributed by atoms with E-state index in [0.717, 1.165) is 44.3 Å². The van der Waals surface area contributed by atoms with Crippen molar-refractivity contribution in [3.8, 4) is 50.6 Å². The molecule has 3 nitrogen and oxygen atoms in total. The lowest BCUT2D eigenvalue weighted by atomic mass is 9.98. The normalized spacial score (nSPS) is 11.6. The van der Waals surface area contributed by atoms with E-state index in [9.17, 15) is 0 Å². The van der Waals surface area contributed by atoms with Gasteiger partial charge in [-0.15, -0.1) is 0 Å². The minimum Gasteiger partial charge on any atom is -0.278 e. The topological polar surface area (TPSA) is 30.7 Å². The molecule has 9 aromatic carbocycles. The van der Waals surface area contributed by atoms with E-state index in [1.54, 1.807) is 0 Å². The fourth-order valence-electron chi connectivity index (χ4n) is 8.17. The summed E-state index contributed by atoms with van der Waals surface area (Å²) in [5.74, 6) is 0.649. The Morgan fingerprint density at radius 2 is 0.782 bits per heavy atom. The third kappa shape index (κ3) is 5.36. The summed E-state index contributed by atoms with van der Waals surface area (Å²) < 4.78 is 2.26. The maximum atomic E-state index is 5.50. The summed E-state index contributed by atoms with van der Waals surface area (Å²) in [6.07, 6.45) is 0. The number of fused-ring (bicyclic) bond motifs is 6. The highest BCUT2D eigenvalue weighted by Gasteiger charge is 2.19. The van der Waals surface area contributed by atoms with E-state index in [1.165, 1.54) is 54.6 Å². The summed E-state index contributed by atoms with van der Waals surface area (Å²) in [7, 11) is 0. The van der Waals surface area contributed by atoms with Crippen LogP contribution in [-0.4, -0.2) is 14.5 Å². The van der Waals surface area contributed by atoms with E-state index >= 15 is 0 Å². The molecule has 0 fully saturated rings. The van der Waals surface area contributed by atoms with Crippen LogP contribution in [0.25, 0.3) is 105 Å². The number of nitrogens with zero attached hydrogens (tertiary/aromatic N) is 3. The van der Waals surface area contributed by atoms with Crippen molar-refractivity contribution in [2.45, 2.75) is 0 Å². The van der Waals surface area contributed by atoms with E-state index < -0.39 is 0 Å². The van der Waals surface area contributed by atoms with Crippen LogP contribution in [0.15, 0.2) is 200 Å². The lowest BCUT2D eigenvalue weighted by Gasteiger charge is -2.14. The van der Waals surface area contributed by atoms with Crippen molar-refractivity contribution in [3.63, 3.8) is 0 Å². The van der Waals surface area contributed by atoms with E-state index in [1.807, 2.05) is 0 Å². The molecule has 0 aliphatic carbocycles. The molecule has 0 saturated heterocycles. The molecule has 55 heavy (non-hydrogen) atoms. The average molecular weight is 700 g/mol. The molecule has 0 bridgehead atoms. The molecule has 3 heteroatoms. The van der Waals surface area contributed by atoms with Gasteiger partial charge in [0, 0.05) is 21.7 Å². The van der Waals surface area contributed by atoms with Gasteiger partial charge < -0.3 is 0 Å². The molecule has 0 spiro atoms. The zero-order valence-electron chi connectivity index (χ0n) is 29.9. The average Bonchev–Trinajstić information content (AvgIpc) is 3.57. The Hall–Kier alpha value is -7.36. The van der Waals surface area contributed by atoms with E-state index in [-0.39, 0.29) is 0 Å². The highest BCUT2D eigenvalue weighted by atomic mass is 15.2. The van der Waals surface area contributed by atoms with Crippen LogP contribution in [0.5, 0.6) is 0 Å². The smallest absolute Gasteiger partial charge is 0.235 e. The Balaban J connectivity index is 1.16. The molecule has 0 radical (unpaired) electrons. The van der Waals surface area contributed by atoms with Crippen molar-refractivity contribution < 1.29 is 0 Å². The van der Waals surface area contributed by atoms with Crippen LogP contribution < -0.4 is 0 Å². The molecule has 0 N–H and O–H groups in total. The lowest BCUT2D eigenvalue weighted by molar-refractivity contribution is 1.01. The fourth-order valence-corrected chi connectivity index (χ4v) is 8.17. The van der Waals surface area contributed by atoms with Crippen LogP contribution in [0.4, 0.5) is 0 Å². The van der Waals surface area contributed by atoms with E-state index in [0.29, 0.717) is 5.95 Å². The summed E-state index contributed by atoms with van der Waals surface area (Å²) in [5, 5.41) is 8.22. The van der Waals surface area contributed by atoms with Crippen molar-refractivity contribution in [1.29, 1.82) is 0 Å². The second-order valence-corrected chi connectivity index (χ2v) is 14.3. The van der Waals surface area contributed by atoms with Crippen LogP contribution >= 0.6 is 0 Å². The summed E-state index contributed by atoms with van der Waals surface area (Å²) in [5.41, 5.74) is 12.0. The second-order valence-electron chi connectivity index (χ2n) is 14.3. The Kier molecular flexibility index (Phi) is 7.17. The van der Waals surface area contributed by atoms with Gasteiger partial charge in [-0.05, 0) is 97.4 Å². The van der Waals surface area contributed by atoms with Gasteiger partial charge in [0.15, 0.2) is 0 Å². The van der Waals surface area contributed by atoms with Gasteiger partial charge >= 0.3 is 0 Å². The van der Waals surface area contributed by atoms with Gasteiger partial charge in [0.2, 0.25) is 5.95 Å². The van der Waals surface area contributed by atoms with Crippen LogP contribution in [-0.2, 0) is 0 Å². The molecule has 256 valence electrons. The SMILES string of the molecule is c1ccc(-c2ccc(-c3nc(-n4c5ccc(-c6ccc7ccccc7c6)cc5c5cc6ccccc6cc54)nc4ccc(-c5ccccc5)cc34)cc2)cc1. The molecule has 0 unspecified atom stereocenters. The first-order valence-corrected chi connectivity index (χ1v) is 18.7. The van der Waals surface area contributed by atoms with Crippen molar-refractivity contribution in [3.05, 3.63) is 200 Å². The van der Waals surface area contributed by atoms with Crippen LogP contribution in [0, 0.1) is 0 Å². The van der Waals surface area contributed by atoms with Crippen LogP contribution in [0.2, 0.25) is 0 Å². The third-order valence-corrected chi connectivity index (χ3v) is 11.0. The second kappa shape index (κ2) is 12.6. The first-order valence-electron chi connectivity index (χ1n) is 18.7. The largest absolute Gasteiger partial charge is 0.278 e. The molecule has 2 heterocycles. The minimum absolute atomic E-state index is 0.649. The molecule has 0 aliphatic rings. The van der Waals surface area contributed by atoms with Crippen molar-refractivity contribution in [2.24, 2.45) is 0 Å². The zero-order chi connectivity index (χ0) is 36.3. The number of benzene rings is 9. The molecule has 11 aromatic rings. The molecular weight excluding hydrogens is 667 g/mol. The van der Waals surface area contributed by atoms with Gasteiger partial charge in [0.25, 0.3) is 0 Å². The van der Waals surface area contributed by atoms with Gasteiger partial charge in [-0.25, -0.2) is 9.97 Å². The van der Waals surface area contributed by atoms with E-state index in [2.05, 4.69) is 205 Å². The van der Waals surface area contributed by atoms with Crippen molar-refractivity contribution >= 4 is 54.3 Å². The molecule has 0 atom stereocenters. The number of hydrogen-bond acceptors (Lipinski definition) is 2.